The van der Waals surface area contributed by atoms with Gasteiger partial charge in [0.15, 0.2) is 5.96 Å². The van der Waals surface area contributed by atoms with Crippen LogP contribution in [0, 0.1) is 5.41 Å². The van der Waals surface area contributed by atoms with Crippen molar-refractivity contribution < 1.29 is 0 Å². The lowest BCUT2D eigenvalue weighted by atomic mass is 9.92. The summed E-state index contributed by atoms with van der Waals surface area (Å²) in [5.74, 6) is 0.602. The molecule has 0 radical (unpaired) electrons. The van der Waals surface area contributed by atoms with Gasteiger partial charge in [-0.05, 0) is 83.1 Å². The van der Waals surface area contributed by atoms with E-state index in [1.807, 2.05) is 0 Å². The molecule has 20 heavy (non-hydrogen) atoms. The van der Waals surface area contributed by atoms with Crippen LogP contribution < -0.4 is 0 Å². The fourth-order valence-electron chi connectivity index (χ4n) is 3.38. The summed E-state index contributed by atoms with van der Waals surface area (Å²) in [7, 11) is 0. The Hall–Kier alpha value is -0.730. The molecule has 0 spiro atoms. The van der Waals surface area contributed by atoms with E-state index < -0.39 is 0 Å². The van der Waals surface area contributed by atoms with Gasteiger partial charge in [-0.1, -0.05) is 0 Å². The average molecular weight is 284 g/mol. The SMILES string of the molecule is CC(C)(C)N(C(=N)N(C(C)(C)C)C(C)(C)C)C(C)(C)C. The molecule has 0 aromatic carbocycles. The monoisotopic (exact) mass is 283 g/mol. The average Bonchev–Trinajstić information content (AvgIpc) is 1.88. The Morgan fingerprint density at radius 2 is 0.650 bits per heavy atom. The fourth-order valence-corrected chi connectivity index (χ4v) is 3.38. The number of rotatable bonds is 0. The third kappa shape index (κ3) is 4.68. The summed E-state index contributed by atoms with van der Waals surface area (Å²) in [4.78, 5) is 4.44. The molecule has 0 aliphatic rings. The first-order valence-electron chi connectivity index (χ1n) is 7.59. The van der Waals surface area contributed by atoms with E-state index in [-0.39, 0.29) is 22.2 Å². The van der Waals surface area contributed by atoms with Gasteiger partial charge < -0.3 is 9.80 Å². The number of hydrogen-bond donors (Lipinski definition) is 1. The minimum absolute atomic E-state index is 0.0932. The van der Waals surface area contributed by atoms with Gasteiger partial charge >= 0.3 is 0 Å². The van der Waals surface area contributed by atoms with Gasteiger partial charge in [-0.25, -0.2) is 0 Å². The Labute approximate surface area is 127 Å². The first kappa shape index (κ1) is 19.3. The molecule has 0 aliphatic heterocycles. The molecule has 0 bridgehead atoms. The van der Waals surface area contributed by atoms with Crippen LogP contribution in [-0.4, -0.2) is 37.9 Å². The van der Waals surface area contributed by atoms with Crippen LogP contribution in [0.3, 0.4) is 0 Å². The van der Waals surface area contributed by atoms with Crippen LogP contribution in [0.15, 0.2) is 0 Å². The van der Waals surface area contributed by atoms with E-state index in [1.165, 1.54) is 0 Å². The van der Waals surface area contributed by atoms with Crippen LogP contribution in [0.2, 0.25) is 0 Å². The van der Waals surface area contributed by atoms with E-state index in [0.29, 0.717) is 5.96 Å². The molecule has 0 atom stereocenters. The molecule has 0 aromatic heterocycles. The molecule has 3 heteroatoms. The molecule has 120 valence electrons. The molecular weight excluding hydrogens is 246 g/mol. The van der Waals surface area contributed by atoms with Crippen molar-refractivity contribution in [3.8, 4) is 0 Å². The molecule has 0 saturated heterocycles. The van der Waals surface area contributed by atoms with Gasteiger partial charge in [0.05, 0.1) is 0 Å². The van der Waals surface area contributed by atoms with E-state index in [4.69, 9.17) is 5.41 Å². The van der Waals surface area contributed by atoms with E-state index in [9.17, 15) is 0 Å². The Bertz CT molecular complexity index is 280. The third-order valence-electron chi connectivity index (χ3n) is 3.11. The molecule has 0 aliphatic carbocycles. The smallest absolute Gasteiger partial charge is 0.195 e. The maximum atomic E-state index is 8.88. The van der Waals surface area contributed by atoms with Gasteiger partial charge in [-0.15, -0.1) is 0 Å². The van der Waals surface area contributed by atoms with Crippen LogP contribution in [0.5, 0.6) is 0 Å². The predicted molar refractivity (Wildman–Crippen MR) is 90.4 cm³/mol. The number of hydrogen-bond acceptors (Lipinski definition) is 1. The van der Waals surface area contributed by atoms with Gasteiger partial charge in [-0.3, -0.25) is 5.41 Å². The number of nitrogens with one attached hydrogen (secondary N) is 1. The zero-order valence-corrected chi connectivity index (χ0v) is 15.9. The summed E-state index contributed by atoms with van der Waals surface area (Å²) in [5, 5.41) is 8.88. The molecule has 0 rings (SSSR count). The van der Waals surface area contributed by atoms with Crippen molar-refractivity contribution in [3.05, 3.63) is 0 Å². The summed E-state index contributed by atoms with van der Waals surface area (Å²) in [6, 6.07) is 0. The molecule has 0 fully saturated rings. The zero-order chi connectivity index (χ0) is 16.7. The highest BCUT2D eigenvalue weighted by molar-refractivity contribution is 5.80. The number of guanidine groups is 1. The van der Waals surface area contributed by atoms with Gasteiger partial charge in [0.2, 0.25) is 0 Å². The van der Waals surface area contributed by atoms with Crippen molar-refractivity contribution in [2.75, 3.05) is 0 Å². The van der Waals surface area contributed by atoms with Crippen LogP contribution in [0.25, 0.3) is 0 Å². The highest BCUT2D eigenvalue weighted by atomic mass is 15.4. The highest BCUT2D eigenvalue weighted by Crippen LogP contribution is 2.32. The zero-order valence-electron chi connectivity index (χ0n) is 15.9. The molecule has 0 unspecified atom stereocenters. The summed E-state index contributed by atoms with van der Waals surface area (Å²) in [5.41, 5.74) is -0.373. The first-order valence-corrected chi connectivity index (χ1v) is 7.59. The quantitative estimate of drug-likeness (QED) is 0.515. The van der Waals surface area contributed by atoms with Crippen LogP contribution in [0.4, 0.5) is 0 Å². The second kappa shape index (κ2) is 5.23. The molecule has 0 heterocycles. The Morgan fingerprint density at radius 1 is 0.500 bits per heavy atom. The van der Waals surface area contributed by atoms with E-state index in [1.54, 1.807) is 0 Å². The van der Waals surface area contributed by atoms with E-state index in [0.717, 1.165) is 0 Å². The third-order valence-corrected chi connectivity index (χ3v) is 3.11. The van der Waals surface area contributed by atoms with Crippen LogP contribution in [-0.2, 0) is 0 Å². The van der Waals surface area contributed by atoms with Crippen molar-refractivity contribution in [2.24, 2.45) is 0 Å². The van der Waals surface area contributed by atoms with Crippen molar-refractivity contribution >= 4 is 5.96 Å². The second-order valence-corrected chi connectivity index (χ2v) is 9.68. The summed E-state index contributed by atoms with van der Waals surface area (Å²) < 4.78 is 0. The van der Waals surface area contributed by atoms with E-state index >= 15 is 0 Å². The minimum atomic E-state index is -0.0932. The largest absolute Gasteiger partial charge is 0.333 e. The standard InChI is InChI=1S/C17H37N3/c1-14(2,3)19(15(4,5)6)13(18)20(16(7,8)9)17(10,11)12/h18H,1-12H3. The normalized spacial score (nSPS) is 14.2. The molecule has 3 nitrogen and oxygen atoms in total. The van der Waals surface area contributed by atoms with Gasteiger partial charge in [-0.2, -0.15) is 0 Å². The minimum Gasteiger partial charge on any atom is -0.333 e. The number of nitrogens with zero attached hydrogens (tertiary/aromatic N) is 2. The lowest BCUT2D eigenvalue weighted by Gasteiger charge is -2.55. The summed E-state index contributed by atoms with van der Waals surface area (Å²) in [6.45, 7) is 26.1. The predicted octanol–water partition coefficient (Wildman–Crippen LogP) is 4.72. The van der Waals surface area contributed by atoms with Crippen molar-refractivity contribution in [1.29, 1.82) is 5.41 Å². The second-order valence-electron chi connectivity index (χ2n) is 9.68. The molecule has 0 saturated carbocycles. The Morgan fingerprint density at radius 3 is 0.750 bits per heavy atom. The first-order chi connectivity index (χ1) is 8.40. The lowest BCUT2D eigenvalue weighted by Crippen LogP contribution is -2.66. The van der Waals surface area contributed by atoms with Crippen LogP contribution >= 0.6 is 0 Å². The highest BCUT2D eigenvalue weighted by Gasteiger charge is 2.42. The van der Waals surface area contributed by atoms with Crippen LogP contribution in [0.1, 0.15) is 83.1 Å². The Balaban J connectivity index is 5.89. The van der Waals surface area contributed by atoms with Crippen molar-refractivity contribution in [3.63, 3.8) is 0 Å². The summed E-state index contributed by atoms with van der Waals surface area (Å²) in [6.07, 6.45) is 0. The summed E-state index contributed by atoms with van der Waals surface area (Å²) >= 11 is 0. The molecule has 1 N–H and O–H groups in total. The van der Waals surface area contributed by atoms with E-state index in [2.05, 4.69) is 92.9 Å². The maximum Gasteiger partial charge on any atom is 0.195 e. The van der Waals surface area contributed by atoms with Gasteiger partial charge in [0.1, 0.15) is 0 Å². The van der Waals surface area contributed by atoms with Crippen molar-refractivity contribution in [1.82, 2.24) is 9.80 Å². The Kier molecular flexibility index (Phi) is 5.04. The lowest BCUT2D eigenvalue weighted by molar-refractivity contribution is 0.0479. The van der Waals surface area contributed by atoms with Gasteiger partial charge in [0, 0.05) is 22.2 Å². The van der Waals surface area contributed by atoms with Crippen molar-refractivity contribution in [2.45, 2.75) is 105 Å². The maximum absolute atomic E-state index is 8.88. The fraction of sp³-hybridized carbons (Fsp3) is 0.941. The topological polar surface area (TPSA) is 30.3 Å². The molecule has 0 aromatic rings. The molecule has 0 amide bonds. The van der Waals surface area contributed by atoms with Gasteiger partial charge in [0.25, 0.3) is 0 Å². The molecular formula is C17H37N3.